The highest BCUT2D eigenvalue weighted by Crippen LogP contribution is 2.18. The zero-order chi connectivity index (χ0) is 10.0. The zero-order valence-electron chi connectivity index (χ0n) is 7.36. The third kappa shape index (κ3) is 2.28. The first-order chi connectivity index (χ1) is 6.06. The van der Waals surface area contributed by atoms with Gasteiger partial charge in [-0.3, -0.25) is 14.5 Å². The Morgan fingerprint density at radius 3 is 2.69 bits per heavy atom. The molecule has 13 heavy (non-hydrogen) atoms. The van der Waals surface area contributed by atoms with Crippen molar-refractivity contribution < 1.29 is 14.7 Å². The number of carbonyl (C=O) groups is 2. The van der Waals surface area contributed by atoms with Gasteiger partial charge in [-0.2, -0.15) is 0 Å². The lowest BCUT2D eigenvalue weighted by molar-refractivity contribution is -0.140. The Balaban J connectivity index is 2.59. The van der Waals surface area contributed by atoms with Crippen LogP contribution in [0.5, 0.6) is 0 Å². The molecule has 0 aromatic carbocycles. The van der Waals surface area contributed by atoms with Gasteiger partial charge in [0.25, 0.3) is 0 Å². The molecule has 1 aliphatic rings. The molecule has 0 aliphatic carbocycles. The molecule has 0 aromatic rings. The van der Waals surface area contributed by atoms with Crippen LogP contribution in [0, 0.1) is 5.92 Å². The van der Waals surface area contributed by atoms with Gasteiger partial charge in [0.15, 0.2) is 0 Å². The number of nitrogens with zero attached hydrogens (tertiary/aromatic N) is 1. The molecule has 2 amide bonds. The normalized spacial score (nSPS) is 25.5. The molecule has 1 fully saturated rings. The number of halogens is 1. The molecule has 1 rings (SSSR count). The standard InChI is InChI=1S/C8H12BrNO3/c1-5-2-7(12)10(8(5)13)4-6(11)3-9/h5-6,11H,2-4H2,1H3. The molecule has 1 aliphatic heterocycles. The summed E-state index contributed by atoms with van der Waals surface area (Å²) in [6.07, 6.45) is -0.397. The highest BCUT2D eigenvalue weighted by Gasteiger charge is 2.36. The van der Waals surface area contributed by atoms with Crippen molar-refractivity contribution >= 4 is 27.7 Å². The van der Waals surface area contributed by atoms with Crippen molar-refractivity contribution in [3.63, 3.8) is 0 Å². The predicted octanol–water partition coefficient (Wildman–Crippen LogP) is 0.137. The van der Waals surface area contributed by atoms with Gasteiger partial charge in [-0.1, -0.05) is 22.9 Å². The van der Waals surface area contributed by atoms with Crippen LogP contribution in [0.3, 0.4) is 0 Å². The van der Waals surface area contributed by atoms with E-state index in [9.17, 15) is 14.7 Å². The fourth-order valence-electron chi connectivity index (χ4n) is 1.30. The quantitative estimate of drug-likeness (QED) is 0.572. The molecule has 1 heterocycles. The maximum atomic E-state index is 11.3. The summed E-state index contributed by atoms with van der Waals surface area (Å²) < 4.78 is 0. The third-order valence-electron chi connectivity index (χ3n) is 2.04. The molecule has 5 heteroatoms. The Morgan fingerprint density at radius 1 is 1.69 bits per heavy atom. The number of likely N-dealkylation sites (tertiary alicyclic amines) is 1. The van der Waals surface area contributed by atoms with Crippen LogP contribution in [0.1, 0.15) is 13.3 Å². The molecular formula is C8H12BrNO3. The number of imide groups is 1. The van der Waals surface area contributed by atoms with E-state index in [4.69, 9.17) is 0 Å². The van der Waals surface area contributed by atoms with Gasteiger partial charge >= 0.3 is 0 Å². The molecule has 0 aromatic heterocycles. The number of β-amino-alcohol motifs (C(OH)–C–C–N with tert-alkyl or cyclic N) is 1. The lowest BCUT2D eigenvalue weighted by Gasteiger charge is -2.16. The largest absolute Gasteiger partial charge is 0.390 e. The summed E-state index contributed by atoms with van der Waals surface area (Å²) in [5.74, 6) is -0.586. The minimum Gasteiger partial charge on any atom is -0.390 e. The Bertz CT molecular complexity index is 231. The van der Waals surface area contributed by atoms with Crippen molar-refractivity contribution in [2.75, 3.05) is 11.9 Å². The Kier molecular flexibility index (Phi) is 3.44. The van der Waals surface area contributed by atoms with E-state index in [-0.39, 0.29) is 30.7 Å². The van der Waals surface area contributed by atoms with Crippen molar-refractivity contribution in [2.45, 2.75) is 19.4 Å². The number of hydrogen-bond donors (Lipinski definition) is 1. The van der Waals surface area contributed by atoms with Crippen molar-refractivity contribution in [2.24, 2.45) is 5.92 Å². The molecule has 0 spiro atoms. The van der Waals surface area contributed by atoms with Crippen LogP contribution >= 0.6 is 15.9 Å². The Hall–Kier alpha value is -0.420. The average Bonchev–Trinajstić information content (AvgIpc) is 2.32. The van der Waals surface area contributed by atoms with E-state index in [1.807, 2.05) is 0 Å². The molecule has 0 saturated carbocycles. The van der Waals surface area contributed by atoms with Gasteiger partial charge in [0.2, 0.25) is 11.8 Å². The van der Waals surface area contributed by atoms with E-state index in [1.54, 1.807) is 6.92 Å². The van der Waals surface area contributed by atoms with Crippen LogP contribution in [-0.4, -0.2) is 39.8 Å². The summed E-state index contributed by atoms with van der Waals surface area (Å²) in [6.45, 7) is 1.83. The van der Waals surface area contributed by atoms with E-state index in [2.05, 4.69) is 15.9 Å². The maximum absolute atomic E-state index is 11.3. The number of aliphatic hydroxyl groups excluding tert-OH is 1. The second kappa shape index (κ2) is 4.19. The number of alkyl halides is 1. The monoisotopic (exact) mass is 249 g/mol. The molecule has 0 radical (unpaired) electrons. The highest BCUT2D eigenvalue weighted by molar-refractivity contribution is 9.09. The molecule has 0 bridgehead atoms. The first-order valence-corrected chi connectivity index (χ1v) is 5.26. The fourth-order valence-corrected chi connectivity index (χ4v) is 1.50. The maximum Gasteiger partial charge on any atom is 0.232 e. The van der Waals surface area contributed by atoms with Crippen molar-refractivity contribution in [1.82, 2.24) is 4.90 Å². The third-order valence-corrected chi connectivity index (χ3v) is 2.79. The minimum atomic E-state index is -0.668. The first kappa shape index (κ1) is 10.7. The number of hydrogen-bond acceptors (Lipinski definition) is 3. The van der Waals surface area contributed by atoms with Crippen molar-refractivity contribution in [3.05, 3.63) is 0 Å². The minimum absolute atomic E-state index is 0.104. The highest BCUT2D eigenvalue weighted by atomic mass is 79.9. The molecular weight excluding hydrogens is 238 g/mol. The van der Waals surface area contributed by atoms with Crippen LogP contribution in [0.25, 0.3) is 0 Å². The van der Waals surface area contributed by atoms with Gasteiger partial charge in [-0.15, -0.1) is 0 Å². The molecule has 1 saturated heterocycles. The van der Waals surface area contributed by atoms with Gasteiger partial charge in [0.05, 0.1) is 12.6 Å². The predicted molar refractivity (Wildman–Crippen MR) is 50.3 cm³/mol. The lowest BCUT2D eigenvalue weighted by Crippen LogP contribution is -2.37. The van der Waals surface area contributed by atoms with Gasteiger partial charge in [0.1, 0.15) is 0 Å². The Morgan fingerprint density at radius 2 is 2.31 bits per heavy atom. The summed E-state index contributed by atoms with van der Waals surface area (Å²) in [7, 11) is 0. The van der Waals surface area contributed by atoms with Crippen LogP contribution in [0.2, 0.25) is 0 Å². The van der Waals surface area contributed by atoms with E-state index in [0.29, 0.717) is 5.33 Å². The van der Waals surface area contributed by atoms with E-state index >= 15 is 0 Å². The smallest absolute Gasteiger partial charge is 0.232 e. The summed E-state index contributed by atoms with van der Waals surface area (Å²) in [6, 6.07) is 0. The summed E-state index contributed by atoms with van der Waals surface area (Å²) >= 11 is 3.08. The number of amides is 2. The molecule has 2 unspecified atom stereocenters. The number of rotatable bonds is 3. The number of carbonyl (C=O) groups excluding carboxylic acids is 2. The molecule has 2 atom stereocenters. The van der Waals surface area contributed by atoms with Crippen molar-refractivity contribution in [1.29, 1.82) is 0 Å². The van der Waals surface area contributed by atoms with E-state index < -0.39 is 6.10 Å². The molecule has 4 nitrogen and oxygen atoms in total. The topological polar surface area (TPSA) is 57.6 Å². The summed E-state index contributed by atoms with van der Waals surface area (Å²) in [5.41, 5.74) is 0. The fraction of sp³-hybridized carbons (Fsp3) is 0.750. The zero-order valence-corrected chi connectivity index (χ0v) is 8.95. The van der Waals surface area contributed by atoms with Crippen LogP contribution in [0.15, 0.2) is 0 Å². The van der Waals surface area contributed by atoms with E-state index in [1.165, 1.54) is 0 Å². The SMILES string of the molecule is CC1CC(=O)N(CC(O)CBr)C1=O. The first-order valence-electron chi connectivity index (χ1n) is 4.14. The molecule has 1 N–H and O–H groups in total. The average molecular weight is 250 g/mol. The van der Waals surface area contributed by atoms with Crippen molar-refractivity contribution in [3.8, 4) is 0 Å². The molecule has 74 valence electrons. The van der Waals surface area contributed by atoms with Gasteiger partial charge in [0, 0.05) is 17.7 Å². The van der Waals surface area contributed by atoms with Crippen LogP contribution < -0.4 is 0 Å². The van der Waals surface area contributed by atoms with Gasteiger partial charge in [-0.25, -0.2) is 0 Å². The Labute approximate surface area is 85.0 Å². The van der Waals surface area contributed by atoms with E-state index in [0.717, 1.165) is 4.90 Å². The van der Waals surface area contributed by atoms with Gasteiger partial charge in [-0.05, 0) is 0 Å². The number of aliphatic hydroxyl groups is 1. The second-order valence-corrected chi connectivity index (χ2v) is 3.90. The second-order valence-electron chi connectivity index (χ2n) is 3.26. The van der Waals surface area contributed by atoms with Crippen LogP contribution in [0.4, 0.5) is 0 Å². The summed E-state index contributed by atoms with van der Waals surface area (Å²) in [5, 5.41) is 9.62. The summed E-state index contributed by atoms with van der Waals surface area (Å²) in [4.78, 5) is 23.7. The van der Waals surface area contributed by atoms with Crippen LogP contribution in [-0.2, 0) is 9.59 Å². The lowest BCUT2D eigenvalue weighted by atomic mass is 10.1. The van der Waals surface area contributed by atoms with Gasteiger partial charge < -0.3 is 5.11 Å².